The Morgan fingerprint density at radius 1 is 0.902 bits per heavy atom. The standard InChI is InChI=1S/C35H46N2O4/c1-6-37(23-25-9-15-30(16-10-25)41-24-35(36(2)3)17-7-8-18-35)32-22-34(40-5)33(39-4)21-31(32)28-12-11-27-20-29(38)14-13-26(27)19-28/h9-10,13-16,20-22,28,38H,6-8,11-12,17-19,23-24H2,1-5H3. The summed E-state index contributed by atoms with van der Waals surface area (Å²) < 4.78 is 17.8. The number of ether oxygens (including phenoxy) is 3. The van der Waals surface area contributed by atoms with Gasteiger partial charge in [0.15, 0.2) is 11.5 Å². The number of phenols is 1. The van der Waals surface area contributed by atoms with Gasteiger partial charge in [0.25, 0.3) is 0 Å². The molecule has 6 heteroatoms. The van der Waals surface area contributed by atoms with E-state index in [0.717, 1.165) is 56.2 Å². The highest BCUT2D eigenvalue weighted by Crippen LogP contribution is 2.44. The summed E-state index contributed by atoms with van der Waals surface area (Å²) in [6, 6.07) is 18.7. The van der Waals surface area contributed by atoms with Crippen LogP contribution in [0.4, 0.5) is 5.69 Å². The van der Waals surface area contributed by atoms with Gasteiger partial charge in [0.2, 0.25) is 0 Å². The molecule has 0 aromatic heterocycles. The Hall–Kier alpha value is -3.38. The van der Waals surface area contributed by atoms with Gasteiger partial charge in [-0.15, -0.1) is 0 Å². The maximum Gasteiger partial charge on any atom is 0.162 e. The molecule has 1 unspecified atom stereocenters. The normalized spacial score (nSPS) is 17.8. The van der Waals surface area contributed by atoms with Crippen LogP contribution in [0.5, 0.6) is 23.0 Å². The molecule has 0 spiro atoms. The highest BCUT2D eigenvalue weighted by Gasteiger charge is 2.36. The largest absolute Gasteiger partial charge is 0.508 e. The average molecular weight is 559 g/mol. The number of rotatable bonds is 11. The highest BCUT2D eigenvalue weighted by molar-refractivity contribution is 5.64. The van der Waals surface area contributed by atoms with Crippen molar-refractivity contribution in [2.45, 2.75) is 69.9 Å². The number of fused-ring (bicyclic) bond motifs is 1. The number of aryl methyl sites for hydroxylation is 1. The van der Waals surface area contributed by atoms with Crippen molar-refractivity contribution in [2.24, 2.45) is 0 Å². The zero-order valence-electron chi connectivity index (χ0n) is 25.4. The van der Waals surface area contributed by atoms with E-state index in [4.69, 9.17) is 14.2 Å². The second-order valence-electron chi connectivity index (χ2n) is 11.9. The molecule has 1 atom stereocenters. The fourth-order valence-corrected chi connectivity index (χ4v) is 6.74. The van der Waals surface area contributed by atoms with Gasteiger partial charge >= 0.3 is 0 Å². The molecule has 0 heterocycles. The molecule has 41 heavy (non-hydrogen) atoms. The Balaban J connectivity index is 1.36. The van der Waals surface area contributed by atoms with E-state index in [-0.39, 0.29) is 5.54 Å². The van der Waals surface area contributed by atoms with Crippen LogP contribution in [0.15, 0.2) is 54.6 Å². The second kappa shape index (κ2) is 12.6. The fraction of sp³-hybridized carbons (Fsp3) is 0.486. The number of methoxy groups -OCH3 is 2. The van der Waals surface area contributed by atoms with Crippen LogP contribution in [-0.4, -0.2) is 57.0 Å². The molecule has 2 aliphatic carbocycles. The van der Waals surface area contributed by atoms with Crippen LogP contribution in [0.3, 0.4) is 0 Å². The maximum absolute atomic E-state index is 9.97. The molecule has 0 amide bonds. The SMILES string of the molecule is CCN(Cc1ccc(OCC2(N(C)C)CCCC2)cc1)c1cc(OC)c(OC)cc1C1CCc2cc(O)ccc2C1. The lowest BCUT2D eigenvalue weighted by Gasteiger charge is -2.36. The molecule has 3 aromatic carbocycles. The monoisotopic (exact) mass is 558 g/mol. The smallest absolute Gasteiger partial charge is 0.162 e. The maximum atomic E-state index is 9.97. The molecule has 1 fully saturated rings. The molecule has 3 aromatic rings. The van der Waals surface area contributed by atoms with Crippen LogP contribution < -0.4 is 19.1 Å². The number of hydrogen-bond donors (Lipinski definition) is 1. The van der Waals surface area contributed by atoms with Crippen molar-refractivity contribution in [3.8, 4) is 23.0 Å². The molecular weight excluding hydrogens is 512 g/mol. The predicted molar refractivity (Wildman–Crippen MR) is 166 cm³/mol. The lowest BCUT2D eigenvalue weighted by atomic mass is 9.79. The molecule has 1 N–H and O–H groups in total. The van der Waals surface area contributed by atoms with Crippen molar-refractivity contribution in [3.63, 3.8) is 0 Å². The number of phenolic OH excluding ortho intramolecular Hbond substituents is 1. The van der Waals surface area contributed by atoms with Gasteiger partial charge in [0.1, 0.15) is 18.1 Å². The van der Waals surface area contributed by atoms with E-state index in [0.29, 0.717) is 11.7 Å². The van der Waals surface area contributed by atoms with E-state index in [9.17, 15) is 5.11 Å². The first-order valence-corrected chi connectivity index (χ1v) is 15.1. The van der Waals surface area contributed by atoms with E-state index in [1.165, 1.54) is 53.6 Å². The van der Waals surface area contributed by atoms with E-state index in [1.54, 1.807) is 20.3 Å². The number of anilines is 1. The summed E-state index contributed by atoms with van der Waals surface area (Å²) in [5.41, 5.74) is 6.43. The number of likely N-dealkylation sites (N-methyl/N-ethyl adjacent to an activating group) is 1. The Bertz CT molecular complexity index is 1310. The summed E-state index contributed by atoms with van der Waals surface area (Å²) in [5, 5.41) is 9.97. The summed E-state index contributed by atoms with van der Waals surface area (Å²) in [5.74, 6) is 3.14. The fourth-order valence-electron chi connectivity index (χ4n) is 6.74. The lowest BCUT2D eigenvalue weighted by Crippen LogP contribution is -2.46. The first-order valence-electron chi connectivity index (χ1n) is 15.1. The van der Waals surface area contributed by atoms with E-state index < -0.39 is 0 Å². The quantitative estimate of drug-likeness (QED) is 0.275. The lowest BCUT2D eigenvalue weighted by molar-refractivity contribution is 0.0865. The molecular formula is C35H46N2O4. The Morgan fingerprint density at radius 3 is 2.27 bits per heavy atom. The number of nitrogens with zero attached hydrogens (tertiary/aromatic N) is 2. The molecule has 2 aliphatic rings. The summed E-state index contributed by atoms with van der Waals surface area (Å²) in [6.45, 7) is 4.60. The van der Waals surface area contributed by atoms with Crippen molar-refractivity contribution < 1.29 is 19.3 Å². The zero-order chi connectivity index (χ0) is 29.0. The van der Waals surface area contributed by atoms with Crippen LogP contribution in [0.25, 0.3) is 0 Å². The third kappa shape index (κ3) is 6.28. The zero-order valence-corrected chi connectivity index (χ0v) is 25.4. The number of benzene rings is 3. The van der Waals surface area contributed by atoms with E-state index in [2.05, 4.69) is 73.3 Å². The summed E-state index contributed by atoms with van der Waals surface area (Å²) in [6.07, 6.45) is 7.88. The minimum Gasteiger partial charge on any atom is -0.508 e. The summed E-state index contributed by atoms with van der Waals surface area (Å²) in [4.78, 5) is 4.78. The van der Waals surface area contributed by atoms with Crippen LogP contribution in [-0.2, 0) is 19.4 Å². The molecule has 6 nitrogen and oxygen atoms in total. The van der Waals surface area contributed by atoms with Gasteiger partial charge in [0.05, 0.1) is 19.8 Å². The van der Waals surface area contributed by atoms with Crippen LogP contribution >= 0.6 is 0 Å². The summed E-state index contributed by atoms with van der Waals surface area (Å²) in [7, 11) is 7.76. The predicted octanol–water partition coefficient (Wildman–Crippen LogP) is 6.96. The Kier molecular flexibility index (Phi) is 8.98. The highest BCUT2D eigenvalue weighted by atomic mass is 16.5. The molecule has 1 saturated carbocycles. The number of hydrogen-bond acceptors (Lipinski definition) is 6. The third-order valence-corrected chi connectivity index (χ3v) is 9.40. The van der Waals surface area contributed by atoms with Gasteiger partial charge in [-0.05, 0) is 112 Å². The van der Waals surface area contributed by atoms with Crippen molar-refractivity contribution in [2.75, 3.05) is 46.4 Å². The third-order valence-electron chi connectivity index (χ3n) is 9.40. The first-order chi connectivity index (χ1) is 19.9. The van der Waals surface area contributed by atoms with Crippen molar-refractivity contribution in [1.82, 2.24) is 4.90 Å². The van der Waals surface area contributed by atoms with E-state index >= 15 is 0 Å². The van der Waals surface area contributed by atoms with E-state index in [1.807, 2.05) is 6.07 Å². The van der Waals surface area contributed by atoms with Crippen molar-refractivity contribution in [3.05, 3.63) is 76.9 Å². The van der Waals surface area contributed by atoms with Gasteiger partial charge in [-0.1, -0.05) is 31.0 Å². The van der Waals surface area contributed by atoms with Gasteiger partial charge in [0, 0.05) is 24.8 Å². The van der Waals surface area contributed by atoms with Gasteiger partial charge in [-0.2, -0.15) is 0 Å². The topological polar surface area (TPSA) is 54.4 Å². The Morgan fingerprint density at radius 2 is 1.61 bits per heavy atom. The molecule has 0 saturated heterocycles. The first kappa shape index (κ1) is 29.1. The van der Waals surface area contributed by atoms with Crippen LogP contribution in [0.1, 0.15) is 67.2 Å². The van der Waals surface area contributed by atoms with Gasteiger partial charge in [-0.25, -0.2) is 0 Å². The van der Waals surface area contributed by atoms with Crippen LogP contribution in [0, 0.1) is 0 Å². The molecule has 5 rings (SSSR count). The van der Waals surface area contributed by atoms with Crippen LogP contribution in [0.2, 0.25) is 0 Å². The van der Waals surface area contributed by atoms with Gasteiger partial charge in [-0.3, -0.25) is 0 Å². The molecule has 220 valence electrons. The van der Waals surface area contributed by atoms with Crippen molar-refractivity contribution in [1.29, 1.82) is 0 Å². The van der Waals surface area contributed by atoms with Gasteiger partial charge < -0.3 is 29.1 Å². The minimum atomic E-state index is 0.154. The minimum absolute atomic E-state index is 0.154. The second-order valence-corrected chi connectivity index (χ2v) is 11.9. The summed E-state index contributed by atoms with van der Waals surface area (Å²) >= 11 is 0. The van der Waals surface area contributed by atoms with Crippen molar-refractivity contribution >= 4 is 5.69 Å². The number of aromatic hydroxyl groups is 1. The molecule has 0 aliphatic heterocycles. The molecule has 0 bridgehead atoms. The molecule has 0 radical (unpaired) electrons. The average Bonchev–Trinajstić information content (AvgIpc) is 3.49. The Labute approximate surface area is 245 Å².